The van der Waals surface area contributed by atoms with Gasteiger partial charge < -0.3 is 0 Å². The number of aromatic nitrogens is 2. The van der Waals surface area contributed by atoms with Crippen LogP contribution in [-0.4, -0.2) is 21.2 Å². The Hall–Kier alpha value is -3.70. The number of ketones is 1. The molecular formula is C25H19N3OS. The Bertz CT molecular complexity index is 1260. The van der Waals surface area contributed by atoms with E-state index in [4.69, 9.17) is 12.2 Å². The zero-order valence-electron chi connectivity index (χ0n) is 16.4. The Morgan fingerprint density at radius 3 is 1.97 bits per heavy atom. The van der Waals surface area contributed by atoms with Gasteiger partial charge in [-0.2, -0.15) is 5.10 Å². The van der Waals surface area contributed by atoms with E-state index in [1.807, 2.05) is 85.8 Å². The van der Waals surface area contributed by atoms with Crippen molar-refractivity contribution in [2.24, 2.45) is 5.10 Å². The zero-order chi connectivity index (χ0) is 20.9. The van der Waals surface area contributed by atoms with Crippen molar-refractivity contribution < 1.29 is 4.79 Å². The Morgan fingerprint density at radius 2 is 1.37 bits per heavy atom. The van der Waals surface area contributed by atoms with Gasteiger partial charge in [0.05, 0.1) is 17.0 Å². The molecule has 0 spiro atoms. The molecule has 0 fully saturated rings. The third kappa shape index (κ3) is 4.16. The minimum absolute atomic E-state index is 0.127. The second kappa shape index (κ2) is 8.76. The molecule has 0 saturated heterocycles. The maximum atomic E-state index is 13.3. The number of hydrogen-bond donors (Lipinski definition) is 0. The van der Waals surface area contributed by atoms with E-state index in [1.54, 1.807) is 18.3 Å². The lowest BCUT2D eigenvalue weighted by Gasteiger charge is -2.11. The van der Waals surface area contributed by atoms with E-state index in [0.29, 0.717) is 16.8 Å². The maximum Gasteiger partial charge on any atom is 0.220 e. The van der Waals surface area contributed by atoms with Crippen LogP contribution in [0.1, 0.15) is 28.4 Å². The van der Waals surface area contributed by atoms with Crippen molar-refractivity contribution in [3.8, 4) is 11.3 Å². The topological polar surface area (TPSA) is 47.2 Å². The van der Waals surface area contributed by atoms with Gasteiger partial charge in [-0.3, -0.25) is 4.79 Å². The standard InChI is InChI=1S/C25H19N3OS/c1-18(19-11-5-2-6-12-19)27-28-17-22(24(29)21-15-9-4-10-16-21)23(26-25(28)30)20-13-7-3-8-14-20/h2-17H,1H3/b27-18+. The second-order valence-corrected chi connectivity index (χ2v) is 7.11. The van der Waals surface area contributed by atoms with E-state index in [1.165, 1.54) is 4.68 Å². The minimum Gasteiger partial charge on any atom is -0.288 e. The first-order valence-corrected chi connectivity index (χ1v) is 9.94. The van der Waals surface area contributed by atoms with Gasteiger partial charge in [-0.15, -0.1) is 0 Å². The smallest absolute Gasteiger partial charge is 0.220 e. The summed E-state index contributed by atoms with van der Waals surface area (Å²) < 4.78 is 1.79. The van der Waals surface area contributed by atoms with Crippen LogP contribution in [-0.2, 0) is 0 Å². The van der Waals surface area contributed by atoms with Crippen LogP contribution in [0.4, 0.5) is 0 Å². The van der Waals surface area contributed by atoms with Crippen LogP contribution in [0.15, 0.2) is 102 Å². The number of nitrogens with zero attached hydrogens (tertiary/aromatic N) is 3. The van der Waals surface area contributed by atoms with E-state index in [-0.39, 0.29) is 10.6 Å². The third-order valence-corrected chi connectivity index (χ3v) is 4.97. The molecule has 30 heavy (non-hydrogen) atoms. The van der Waals surface area contributed by atoms with Crippen molar-refractivity contribution >= 4 is 23.7 Å². The molecule has 0 aliphatic heterocycles. The van der Waals surface area contributed by atoms with Crippen LogP contribution < -0.4 is 0 Å². The van der Waals surface area contributed by atoms with Gasteiger partial charge in [0.15, 0.2) is 5.78 Å². The van der Waals surface area contributed by atoms with Crippen LogP contribution in [0.2, 0.25) is 0 Å². The van der Waals surface area contributed by atoms with Crippen molar-refractivity contribution in [1.82, 2.24) is 9.66 Å². The molecule has 0 aliphatic rings. The summed E-state index contributed by atoms with van der Waals surface area (Å²) in [5.74, 6) is -0.127. The molecule has 4 aromatic rings. The van der Waals surface area contributed by atoms with Crippen molar-refractivity contribution in [3.63, 3.8) is 0 Å². The van der Waals surface area contributed by atoms with Gasteiger partial charge in [-0.25, -0.2) is 9.66 Å². The normalized spacial score (nSPS) is 11.3. The lowest BCUT2D eigenvalue weighted by atomic mass is 9.99. The van der Waals surface area contributed by atoms with Gasteiger partial charge >= 0.3 is 0 Å². The molecule has 0 N–H and O–H groups in total. The van der Waals surface area contributed by atoms with Gasteiger partial charge in [0.2, 0.25) is 4.77 Å². The van der Waals surface area contributed by atoms with E-state index >= 15 is 0 Å². The molecular weight excluding hydrogens is 390 g/mol. The van der Waals surface area contributed by atoms with E-state index in [0.717, 1.165) is 16.8 Å². The summed E-state index contributed by atoms with van der Waals surface area (Å²) in [6.07, 6.45) is 1.68. The van der Waals surface area contributed by atoms with Crippen LogP contribution in [0, 0.1) is 4.77 Å². The monoisotopic (exact) mass is 409 g/mol. The van der Waals surface area contributed by atoms with Crippen molar-refractivity contribution in [2.45, 2.75) is 6.92 Å². The van der Waals surface area contributed by atoms with Crippen LogP contribution >= 0.6 is 12.2 Å². The molecule has 3 aromatic carbocycles. The molecule has 0 radical (unpaired) electrons. The summed E-state index contributed by atoms with van der Waals surface area (Å²) in [5.41, 5.74) is 4.17. The molecule has 1 aromatic heterocycles. The Morgan fingerprint density at radius 1 is 0.833 bits per heavy atom. The second-order valence-electron chi connectivity index (χ2n) is 6.74. The van der Waals surface area contributed by atoms with Crippen LogP contribution in [0.25, 0.3) is 11.3 Å². The highest BCUT2D eigenvalue weighted by Gasteiger charge is 2.18. The summed E-state index contributed by atoms with van der Waals surface area (Å²) in [6.45, 7) is 1.90. The minimum atomic E-state index is -0.127. The fraction of sp³-hybridized carbons (Fsp3) is 0.0400. The number of carbonyl (C=O) groups is 1. The Balaban J connectivity index is 1.88. The summed E-state index contributed by atoms with van der Waals surface area (Å²) >= 11 is 5.50. The lowest BCUT2D eigenvalue weighted by molar-refractivity contribution is 0.103. The van der Waals surface area contributed by atoms with E-state index < -0.39 is 0 Å². The van der Waals surface area contributed by atoms with Crippen LogP contribution in [0.3, 0.4) is 0 Å². The first-order valence-electron chi connectivity index (χ1n) is 9.53. The van der Waals surface area contributed by atoms with E-state index in [9.17, 15) is 4.79 Å². The highest BCUT2D eigenvalue weighted by atomic mass is 32.1. The summed E-state index contributed by atoms with van der Waals surface area (Å²) in [4.78, 5) is 17.9. The fourth-order valence-electron chi connectivity index (χ4n) is 3.14. The van der Waals surface area contributed by atoms with Gasteiger partial charge in [-0.1, -0.05) is 91.0 Å². The quantitative estimate of drug-likeness (QED) is 0.238. The van der Waals surface area contributed by atoms with Gasteiger partial charge in [0.25, 0.3) is 0 Å². The average molecular weight is 410 g/mol. The van der Waals surface area contributed by atoms with Gasteiger partial charge in [0, 0.05) is 17.3 Å². The molecule has 0 bridgehead atoms. The molecule has 0 saturated carbocycles. The molecule has 0 aliphatic carbocycles. The Kier molecular flexibility index (Phi) is 5.72. The maximum absolute atomic E-state index is 13.3. The molecule has 0 amide bonds. The molecule has 0 atom stereocenters. The number of benzene rings is 3. The number of rotatable bonds is 5. The first-order chi connectivity index (χ1) is 14.6. The molecule has 0 unspecified atom stereocenters. The van der Waals surface area contributed by atoms with Crippen LogP contribution in [0.5, 0.6) is 0 Å². The average Bonchev–Trinajstić information content (AvgIpc) is 2.81. The predicted molar refractivity (Wildman–Crippen MR) is 122 cm³/mol. The lowest BCUT2D eigenvalue weighted by Crippen LogP contribution is -2.11. The predicted octanol–water partition coefficient (Wildman–Crippen LogP) is 5.78. The number of hydrogen-bond acceptors (Lipinski definition) is 4. The summed E-state index contributed by atoms with van der Waals surface area (Å²) in [5, 5.41) is 4.61. The molecule has 4 nitrogen and oxygen atoms in total. The molecule has 4 rings (SSSR count). The van der Waals surface area contributed by atoms with Crippen molar-refractivity contribution in [3.05, 3.63) is 119 Å². The molecule has 5 heteroatoms. The van der Waals surface area contributed by atoms with Crippen molar-refractivity contribution in [2.75, 3.05) is 0 Å². The third-order valence-electron chi connectivity index (χ3n) is 4.69. The van der Waals surface area contributed by atoms with Gasteiger partial charge in [0.1, 0.15) is 0 Å². The SMILES string of the molecule is C/C(=N\n1cc(C(=O)c2ccccc2)c(-c2ccccc2)nc1=S)c1ccccc1. The summed E-state index contributed by atoms with van der Waals surface area (Å²) in [7, 11) is 0. The summed E-state index contributed by atoms with van der Waals surface area (Å²) in [6, 6.07) is 28.6. The van der Waals surface area contributed by atoms with Gasteiger partial charge in [-0.05, 0) is 24.7 Å². The first kappa shape index (κ1) is 19.6. The molecule has 1 heterocycles. The largest absolute Gasteiger partial charge is 0.288 e. The fourth-order valence-corrected chi connectivity index (χ4v) is 3.33. The number of carbonyl (C=O) groups excluding carboxylic acids is 1. The highest BCUT2D eigenvalue weighted by molar-refractivity contribution is 7.71. The van der Waals surface area contributed by atoms with E-state index in [2.05, 4.69) is 10.1 Å². The molecule has 146 valence electrons. The highest BCUT2D eigenvalue weighted by Crippen LogP contribution is 2.24. The van der Waals surface area contributed by atoms with Crippen molar-refractivity contribution in [1.29, 1.82) is 0 Å². The zero-order valence-corrected chi connectivity index (χ0v) is 17.2. The Labute approximate surface area is 180 Å².